The molecule has 26 heavy (non-hydrogen) atoms. The monoisotopic (exact) mass is 352 g/mol. The molecular formula is C23H28O3. The minimum Gasteiger partial charge on any atom is -0.493 e. The third-order valence-electron chi connectivity index (χ3n) is 7.32. The van der Waals surface area contributed by atoms with E-state index in [2.05, 4.69) is 32.3 Å². The van der Waals surface area contributed by atoms with Crippen molar-refractivity contribution in [2.75, 3.05) is 0 Å². The summed E-state index contributed by atoms with van der Waals surface area (Å²) < 4.78 is 6.26. The molecule has 0 radical (unpaired) electrons. The van der Waals surface area contributed by atoms with E-state index in [1.54, 1.807) is 6.92 Å². The first-order valence-electron chi connectivity index (χ1n) is 9.72. The molecule has 0 amide bonds. The number of allylic oxidation sites excluding steroid dienone is 3. The van der Waals surface area contributed by atoms with Crippen molar-refractivity contribution in [3.63, 3.8) is 0 Å². The molecule has 3 saturated carbocycles. The van der Waals surface area contributed by atoms with Crippen LogP contribution in [0.3, 0.4) is 0 Å². The van der Waals surface area contributed by atoms with Crippen LogP contribution < -0.4 is 0 Å². The van der Waals surface area contributed by atoms with E-state index in [9.17, 15) is 9.90 Å². The van der Waals surface area contributed by atoms with Crippen molar-refractivity contribution in [3.05, 3.63) is 35.1 Å². The van der Waals surface area contributed by atoms with Crippen molar-refractivity contribution in [3.8, 4) is 11.8 Å². The maximum atomic E-state index is 11.9. The minimum atomic E-state index is -0.966. The van der Waals surface area contributed by atoms with Gasteiger partial charge in [-0.3, -0.25) is 4.79 Å². The van der Waals surface area contributed by atoms with E-state index in [0.29, 0.717) is 25.0 Å². The Morgan fingerprint density at radius 2 is 2.19 bits per heavy atom. The highest BCUT2D eigenvalue weighted by Gasteiger charge is 2.63. The lowest BCUT2D eigenvalue weighted by molar-refractivity contribution is -0.119. The molecule has 1 N–H and O–H groups in total. The van der Waals surface area contributed by atoms with Crippen LogP contribution >= 0.6 is 0 Å². The topological polar surface area (TPSA) is 46.5 Å². The van der Waals surface area contributed by atoms with Gasteiger partial charge in [0.2, 0.25) is 0 Å². The summed E-state index contributed by atoms with van der Waals surface area (Å²) in [5.41, 5.74) is 3.55. The summed E-state index contributed by atoms with van der Waals surface area (Å²) in [5.74, 6) is 6.78. The Morgan fingerprint density at radius 3 is 2.88 bits per heavy atom. The van der Waals surface area contributed by atoms with Crippen molar-refractivity contribution in [1.82, 2.24) is 0 Å². The molecule has 4 rings (SSSR count). The molecule has 0 saturated heterocycles. The van der Waals surface area contributed by atoms with E-state index in [4.69, 9.17) is 4.74 Å². The molecule has 1 unspecified atom stereocenters. The Kier molecular flexibility index (Phi) is 3.97. The highest BCUT2D eigenvalue weighted by Crippen LogP contribution is 2.63. The number of hydrogen-bond acceptors (Lipinski definition) is 3. The van der Waals surface area contributed by atoms with Gasteiger partial charge in [0.05, 0.1) is 6.26 Å². The minimum absolute atomic E-state index is 0.0323. The van der Waals surface area contributed by atoms with Crippen molar-refractivity contribution in [1.29, 1.82) is 0 Å². The molecule has 1 heterocycles. The Morgan fingerprint density at radius 1 is 1.42 bits per heavy atom. The summed E-state index contributed by atoms with van der Waals surface area (Å²) in [6.45, 7) is 10.3. The fourth-order valence-corrected chi connectivity index (χ4v) is 5.86. The normalized spacial score (nSPS) is 41.2. The van der Waals surface area contributed by atoms with Gasteiger partial charge in [0, 0.05) is 30.1 Å². The second-order valence-corrected chi connectivity index (χ2v) is 8.75. The number of carbonyl (C=O) groups excluding carboxylic acids is 1. The van der Waals surface area contributed by atoms with Gasteiger partial charge in [-0.25, -0.2) is 0 Å². The molecule has 3 nitrogen and oxygen atoms in total. The largest absolute Gasteiger partial charge is 0.493 e. The summed E-state index contributed by atoms with van der Waals surface area (Å²) >= 11 is 0. The summed E-state index contributed by atoms with van der Waals surface area (Å²) in [7, 11) is 0. The maximum Gasteiger partial charge on any atom is 0.137 e. The van der Waals surface area contributed by atoms with Crippen LogP contribution in [-0.4, -0.2) is 22.6 Å². The van der Waals surface area contributed by atoms with Gasteiger partial charge in [0.1, 0.15) is 17.5 Å². The first-order chi connectivity index (χ1) is 12.3. The fourth-order valence-electron chi connectivity index (χ4n) is 5.86. The maximum absolute atomic E-state index is 11.9. The first-order valence-corrected chi connectivity index (χ1v) is 9.72. The smallest absolute Gasteiger partial charge is 0.137 e. The highest BCUT2D eigenvalue weighted by atomic mass is 16.5. The lowest BCUT2D eigenvalue weighted by Gasteiger charge is -2.52. The second kappa shape index (κ2) is 5.86. The van der Waals surface area contributed by atoms with E-state index in [1.165, 1.54) is 11.1 Å². The standard InChI is InChI=1S/C23H28O3/c1-5-9-23(25)10-8-19-21-20(18(14(2)3)12-22(19,23)4)17-7-6-16(24)11-15(17)13-26-21/h13,18-19,21,25H,2,6-8,10-12H2,1,3-4H3/t18?,19-,21-,22-,23-/m0/s1. The second-order valence-electron chi connectivity index (χ2n) is 8.75. The van der Waals surface area contributed by atoms with E-state index in [0.717, 1.165) is 30.4 Å². The van der Waals surface area contributed by atoms with Crippen LogP contribution in [0.25, 0.3) is 0 Å². The van der Waals surface area contributed by atoms with E-state index < -0.39 is 5.60 Å². The van der Waals surface area contributed by atoms with Crippen molar-refractivity contribution < 1.29 is 14.6 Å². The van der Waals surface area contributed by atoms with Gasteiger partial charge in [0.25, 0.3) is 0 Å². The number of ether oxygens (including phenoxy) is 1. The molecule has 4 aliphatic rings. The average Bonchev–Trinajstić information content (AvgIpc) is 2.85. The van der Waals surface area contributed by atoms with Crippen molar-refractivity contribution in [2.45, 2.75) is 71.0 Å². The van der Waals surface area contributed by atoms with Crippen LogP contribution in [0.15, 0.2) is 35.1 Å². The summed E-state index contributed by atoms with van der Waals surface area (Å²) in [5, 5.41) is 11.4. The van der Waals surface area contributed by atoms with Crippen LogP contribution in [0.2, 0.25) is 0 Å². The zero-order valence-corrected chi connectivity index (χ0v) is 16.0. The molecule has 0 aromatic heterocycles. The van der Waals surface area contributed by atoms with Gasteiger partial charge in [0.15, 0.2) is 0 Å². The molecular weight excluding hydrogens is 324 g/mol. The lowest BCUT2D eigenvalue weighted by atomic mass is 9.55. The first kappa shape index (κ1) is 17.6. The molecule has 0 bridgehead atoms. The predicted molar refractivity (Wildman–Crippen MR) is 101 cm³/mol. The van der Waals surface area contributed by atoms with Crippen molar-refractivity contribution >= 4 is 5.78 Å². The molecule has 138 valence electrons. The molecule has 1 aliphatic heterocycles. The van der Waals surface area contributed by atoms with Gasteiger partial charge in [-0.05, 0) is 56.3 Å². The van der Waals surface area contributed by atoms with Crippen LogP contribution in [0.4, 0.5) is 0 Å². The SMILES string of the molecule is C=C(C)C1C[C@@]2(C)[C@@H](CC[C@@]2(O)C#CC)[C@@H]2OC=C3CC(=O)CCC3=C12. The third-order valence-corrected chi connectivity index (χ3v) is 7.32. The van der Waals surface area contributed by atoms with Crippen LogP contribution in [0, 0.1) is 29.1 Å². The molecule has 0 aromatic carbocycles. The number of ketones is 1. The number of Topliss-reactive ketones (excluding diaryl/α,β-unsaturated/α-hetero) is 1. The molecule has 3 aliphatic carbocycles. The van der Waals surface area contributed by atoms with E-state index in [-0.39, 0.29) is 23.4 Å². The number of fused-ring (bicyclic) bond motifs is 4. The molecule has 3 heteroatoms. The Balaban J connectivity index is 1.83. The van der Waals surface area contributed by atoms with E-state index in [1.807, 2.05) is 6.26 Å². The molecule has 0 spiro atoms. The number of carbonyl (C=O) groups is 1. The summed E-state index contributed by atoms with van der Waals surface area (Å²) in [6.07, 6.45) is 6.16. The number of rotatable bonds is 1. The number of aliphatic hydroxyl groups is 1. The van der Waals surface area contributed by atoms with Crippen LogP contribution in [-0.2, 0) is 9.53 Å². The lowest BCUT2D eigenvalue weighted by Crippen LogP contribution is -2.53. The fraction of sp³-hybridized carbons (Fsp3) is 0.609. The molecule has 0 aromatic rings. The highest BCUT2D eigenvalue weighted by molar-refractivity contribution is 5.84. The predicted octanol–water partition coefficient (Wildman–Crippen LogP) is 4.09. The Bertz CT molecular complexity index is 805. The number of hydrogen-bond donors (Lipinski definition) is 1. The Labute approximate surface area is 156 Å². The third kappa shape index (κ3) is 2.28. The van der Waals surface area contributed by atoms with Crippen LogP contribution in [0.1, 0.15) is 59.3 Å². The van der Waals surface area contributed by atoms with Crippen LogP contribution in [0.5, 0.6) is 0 Å². The quantitative estimate of drug-likeness (QED) is 0.571. The van der Waals surface area contributed by atoms with Gasteiger partial charge in [-0.15, -0.1) is 5.92 Å². The summed E-state index contributed by atoms with van der Waals surface area (Å²) in [4.78, 5) is 11.9. The zero-order valence-electron chi connectivity index (χ0n) is 16.0. The van der Waals surface area contributed by atoms with Gasteiger partial charge >= 0.3 is 0 Å². The molecule has 3 fully saturated rings. The van der Waals surface area contributed by atoms with Gasteiger partial charge < -0.3 is 9.84 Å². The van der Waals surface area contributed by atoms with E-state index >= 15 is 0 Å². The molecule has 5 atom stereocenters. The van der Waals surface area contributed by atoms with Gasteiger partial charge in [-0.2, -0.15) is 0 Å². The Hall–Kier alpha value is -1.79. The average molecular weight is 352 g/mol. The van der Waals surface area contributed by atoms with Gasteiger partial charge in [-0.1, -0.05) is 25.0 Å². The summed E-state index contributed by atoms with van der Waals surface area (Å²) in [6, 6.07) is 0. The van der Waals surface area contributed by atoms with Crippen molar-refractivity contribution in [2.24, 2.45) is 17.3 Å². The zero-order chi connectivity index (χ0) is 18.7.